The molecule has 0 aliphatic carbocycles. The molecule has 0 fully saturated rings. The molecule has 0 atom stereocenters. The lowest BCUT2D eigenvalue weighted by molar-refractivity contribution is 0.0596. The summed E-state index contributed by atoms with van der Waals surface area (Å²) in [5.74, 6) is -0.464. The van der Waals surface area contributed by atoms with Crippen LogP contribution in [0.25, 0.3) is 11.4 Å². The quantitative estimate of drug-likeness (QED) is 0.254. The molecule has 0 saturated carbocycles. The van der Waals surface area contributed by atoms with E-state index in [0.29, 0.717) is 5.82 Å². The number of thiol groups is 1. The first-order valence-electron chi connectivity index (χ1n) is 7.28. The van der Waals surface area contributed by atoms with Gasteiger partial charge in [0, 0.05) is 38.4 Å². The van der Waals surface area contributed by atoms with Crippen molar-refractivity contribution in [3.63, 3.8) is 0 Å². The van der Waals surface area contributed by atoms with Crippen LogP contribution in [0.1, 0.15) is 10.4 Å². The first kappa shape index (κ1) is 19.8. The van der Waals surface area contributed by atoms with Gasteiger partial charge in [-0.3, -0.25) is 0 Å². The second kappa shape index (κ2) is 7.38. The number of carbonyl (C=O) groups is 1. The Morgan fingerprint density at radius 2 is 2.12 bits per heavy atom. The van der Waals surface area contributed by atoms with Crippen LogP contribution < -0.4 is 5.73 Å². The third-order valence-electron chi connectivity index (χ3n) is 3.45. The number of aromatic nitrogens is 2. The van der Waals surface area contributed by atoms with E-state index in [1.807, 2.05) is 0 Å². The number of esters is 1. The van der Waals surface area contributed by atoms with Gasteiger partial charge in [-0.15, -0.1) is 17.0 Å². The third kappa shape index (κ3) is 3.68. The van der Waals surface area contributed by atoms with Crippen molar-refractivity contribution in [1.29, 1.82) is 0 Å². The Labute approximate surface area is 157 Å². The van der Waals surface area contributed by atoms with Crippen molar-refractivity contribution < 1.29 is 17.9 Å². The maximum atomic E-state index is 12.8. The summed E-state index contributed by atoms with van der Waals surface area (Å²) in [5, 5.41) is 0. The predicted octanol–water partition coefficient (Wildman–Crippen LogP) is 1.02. The summed E-state index contributed by atoms with van der Waals surface area (Å²) < 4.78 is 35.5. The highest BCUT2D eigenvalue weighted by Crippen LogP contribution is 2.38. The van der Waals surface area contributed by atoms with E-state index in [9.17, 15) is 13.2 Å². The monoisotopic (exact) mass is 397 g/mol. The number of aryl methyl sites for hydroxylation is 1. The fourth-order valence-electron chi connectivity index (χ4n) is 2.19. The molecule has 11 heteroatoms. The summed E-state index contributed by atoms with van der Waals surface area (Å²) in [7, 11) is 1.94. The molecule has 0 aliphatic heterocycles. The molecule has 2 rings (SSSR count). The van der Waals surface area contributed by atoms with Gasteiger partial charge in [0.25, 0.3) is 10.0 Å². The van der Waals surface area contributed by atoms with Crippen LogP contribution in [-0.4, -0.2) is 56.4 Å². The number of nitrogens with two attached hydrogens (primary N) is 1. The standard InChI is InChI=1S/C15H19N5O4S2/c1-19(2)8-18-26(22,23)10-7-9(15(21)24-4)13(25)12(16)11(10)14-17-5-6-20(14)3/h5-8,25H,16H2,1-4H3/b18-8+. The Morgan fingerprint density at radius 1 is 1.46 bits per heavy atom. The van der Waals surface area contributed by atoms with E-state index in [1.165, 1.54) is 18.2 Å². The van der Waals surface area contributed by atoms with Crippen LogP contribution in [0, 0.1) is 0 Å². The van der Waals surface area contributed by atoms with Crippen molar-refractivity contribution in [3.8, 4) is 11.4 Å². The van der Waals surface area contributed by atoms with E-state index in [4.69, 9.17) is 5.73 Å². The van der Waals surface area contributed by atoms with Crippen LogP contribution in [0.5, 0.6) is 0 Å². The Morgan fingerprint density at radius 3 is 2.62 bits per heavy atom. The molecule has 1 heterocycles. The fourth-order valence-corrected chi connectivity index (χ4v) is 3.61. The molecule has 0 saturated heterocycles. The van der Waals surface area contributed by atoms with Gasteiger partial charge in [0.2, 0.25) is 0 Å². The second-order valence-electron chi connectivity index (χ2n) is 5.57. The zero-order chi connectivity index (χ0) is 19.6. The molecule has 1 aromatic heterocycles. The van der Waals surface area contributed by atoms with E-state index >= 15 is 0 Å². The highest BCUT2D eigenvalue weighted by molar-refractivity contribution is 7.90. The van der Waals surface area contributed by atoms with Crippen molar-refractivity contribution in [2.24, 2.45) is 11.4 Å². The molecule has 0 aliphatic rings. The molecule has 9 nitrogen and oxygen atoms in total. The first-order valence-corrected chi connectivity index (χ1v) is 9.17. The Kier molecular flexibility index (Phi) is 5.62. The van der Waals surface area contributed by atoms with Crippen LogP contribution in [0.15, 0.2) is 32.6 Å². The van der Waals surface area contributed by atoms with Crippen LogP contribution in [0.4, 0.5) is 5.69 Å². The number of rotatable bonds is 5. The molecule has 140 valence electrons. The summed E-state index contributed by atoms with van der Waals surface area (Å²) in [4.78, 5) is 17.5. The minimum Gasteiger partial charge on any atom is -0.465 e. The summed E-state index contributed by atoms with van der Waals surface area (Å²) in [6.07, 6.45) is 4.28. The Balaban J connectivity index is 2.89. The lowest BCUT2D eigenvalue weighted by Gasteiger charge is -2.16. The smallest absolute Gasteiger partial charge is 0.339 e. The van der Waals surface area contributed by atoms with Gasteiger partial charge >= 0.3 is 5.97 Å². The normalized spacial score (nSPS) is 11.7. The summed E-state index contributed by atoms with van der Waals surface area (Å²) in [6, 6.07) is 1.15. The van der Waals surface area contributed by atoms with Gasteiger partial charge in [0.05, 0.1) is 23.9 Å². The van der Waals surface area contributed by atoms with Gasteiger partial charge in [0.15, 0.2) is 0 Å². The number of benzene rings is 1. The fraction of sp³-hybridized carbons (Fsp3) is 0.267. The zero-order valence-electron chi connectivity index (χ0n) is 14.7. The zero-order valence-corrected chi connectivity index (χ0v) is 16.4. The maximum absolute atomic E-state index is 12.8. The van der Waals surface area contributed by atoms with Gasteiger partial charge in [0.1, 0.15) is 17.1 Å². The largest absolute Gasteiger partial charge is 0.465 e. The number of anilines is 1. The number of imidazole rings is 1. The van der Waals surface area contributed by atoms with Gasteiger partial charge in [-0.1, -0.05) is 0 Å². The number of methoxy groups -OCH3 is 1. The molecule has 1 aromatic carbocycles. The second-order valence-corrected chi connectivity index (χ2v) is 7.62. The van der Waals surface area contributed by atoms with Crippen molar-refractivity contribution >= 4 is 40.6 Å². The molecular formula is C15H19N5O4S2. The van der Waals surface area contributed by atoms with Gasteiger partial charge in [-0.2, -0.15) is 8.42 Å². The van der Waals surface area contributed by atoms with Crippen molar-refractivity contribution in [2.75, 3.05) is 26.9 Å². The first-order chi connectivity index (χ1) is 12.1. The number of carbonyl (C=O) groups excluding carboxylic acids is 1. The van der Waals surface area contributed by atoms with Crippen LogP contribution in [0.2, 0.25) is 0 Å². The van der Waals surface area contributed by atoms with Crippen LogP contribution in [0.3, 0.4) is 0 Å². The molecule has 2 N–H and O–H groups in total. The molecule has 0 radical (unpaired) electrons. The molecule has 0 unspecified atom stereocenters. The number of hydrogen-bond donors (Lipinski definition) is 2. The van der Waals surface area contributed by atoms with Crippen LogP contribution in [-0.2, 0) is 21.8 Å². The molecule has 0 bridgehead atoms. The van der Waals surface area contributed by atoms with Crippen molar-refractivity contribution in [3.05, 3.63) is 24.0 Å². The highest BCUT2D eigenvalue weighted by Gasteiger charge is 2.28. The predicted molar refractivity (Wildman–Crippen MR) is 101 cm³/mol. The van der Waals surface area contributed by atoms with Crippen molar-refractivity contribution in [1.82, 2.24) is 14.5 Å². The lowest BCUT2D eigenvalue weighted by Crippen LogP contribution is -2.14. The summed E-state index contributed by atoms with van der Waals surface area (Å²) in [5.41, 5.74) is 6.15. The van der Waals surface area contributed by atoms with Gasteiger partial charge in [-0.05, 0) is 6.07 Å². The van der Waals surface area contributed by atoms with Crippen LogP contribution >= 0.6 is 12.6 Å². The Hall–Kier alpha value is -2.53. The average Bonchev–Trinajstić information content (AvgIpc) is 3.00. The third-order valence-corrected chi connectivity index (χ3v) is 5.18. The van der Waals surface area contributed by atoms with E-state index in [2.05, 4.69) is 26.7 Å². The number of nitrogens with zero attached hydrogens (tertiary/aromatic N) is 4. The van der Waals surface area contributed by atoms with E-state index in [1.54, 1.807) is 31.9 Å². The number of hydrogen-bond acceptors (Lipinski definition) is 7. The topological polar surface area (TPSA) is 120 Å². The number of ether oxygens (including phenoxy) is 1. The maximum Gasteiger partial charge on any atom is 0.339 e. The lowest BCUT2D eigenvalue weighted by atomic mass is 10.1. The number of nitrogen functional groups attached to an aromatic ring is 1. The van der Waals surface area contributed by atoms with E-state index in [-0.39, 0.29) is 26.6 Å². The molecule has 26 heavy (non-hydrogen) atoms. The van der Waals surface area contributed by atoms with Crippen molar-refractivity contribution in [2.45, 2.75) is 9.79 Å². The Bertz CT molecular complexity index is 980. The molecule has 0 amide bonds. The minimum atomic E-state index is -4.18. The number of sulfonamides is 1. The highest BCUT2D eigenvalue weighted by atomic mass is 32.2. The SMILES string of the molecule is COC(=O)c1cc(S(=O)(=O)/N=C/N(C)C)c(-c2nccn2C)c(N)c1S. The average molecular weight is 397 g/mol. The van der Waals surface area contributed by atoms with Gasteiger partial charge < -0.3 is 19.9 Å². The molecule has 0 spiro atoms. The molecule has 2 aromatic rings. The van der Waals surface area contributed by atoms with E-state index < -0.39 is 16.0 Å². The van der Waals surface area contributed by atoms with Gasteiger partial charge in [-0.25, -0.2) is 9.78 Å². The summed E-state index contributed by atoms with van der Waals surface area (Å²) >= 11 is 4.26. The molecular weight excluding hydrogens is 378 g/mol. The summed E-state index contributed by atoms with van der Waals surface area (Å²) in [6.45, 7) is 0. The minimum absolute atomic E-state index is 0.0100. The van der Waals surface area contributed by atoms with E-state index in [0.717, 1.165) is 12.4 Å².